The smallest absolute Gasteiger partial charge is 0.420 e. The third-order valence-corrected chi connectivity index (χ3v) is 2.79. The number of aliphatic hydroxyl groups excluding tert-OH is 1. The van der Waals surface area contributed by atoms with Gasteiger partial charge in [0.25, 0.3) is 0 Å². The first kappa shape index (κ1) is 12.4. The van der Waals surface area contributed by atoms with Crippen molar-refractivity contribution in [2.24, 2.45) is 0 Å². The number of methoxy groups -OCH3 is 1. The highest BCUT2D eigenvalue weighted by atomic mass is 16.5. The van der Waals surface area contributed by atoms with E-state index in [9.17, 15) is 9.59 Å². The van der Waals surface area contributed by atoms with Crippen molar-refractivity contribution in [2.45, 2.75) is 19.6 Å². The minimum Gasteiger partial charge on any atom is -0.467 e. The summed E-state index contributed by atoms with van der Waals surface area (Å²) in [5.74, 6) is -1.15. The number of carbonyl (C=O) groups excluding carboxylic acids is 1. The van der Waals surface area contributed by atoms with E-state index in [-0.39, 0.29) is 6.61 Å². The fourth-order valence-electron chi connectivity index (χ4n) is 1.82. The summed E-state index contributed by atoms with van der Waals surface area (Å²) >= 11 is 0. The third kappa shape index (κ3) is 1.91. The molecule has 18 heavy (non-hydrogen) atoms. The van der Waals surface area contributed by atoms with Crippen LogP contribution >= 0.6 is 0 Å². The van der Waals surface area contributed by atoms with Gasteiger partial charge in [0.15, 0.2) is 5.58 Å². The van der Waals surface area contributed by atoms with Crippen LogP contribution in [0.25, 0.3) is 11.1 Å². The molecule has 2 rings (SSSR count). The molecule has 96 valence electrons. The molecule has 0 aliphatic carbocycles. The van der Waals surface area contributed by atoms with E-state index in [4.69, 9.17) is 9.52 Å². The fraction of sp³-hybridized carbons (Fsp3) is 0.333. The molecule has 6 heteroatoms. The summed E-state index contributed by atoms with van der Waals surface area (Å²) in [6, 6.07) is 4.10. The zero-order valence-electron chi connectivity index (χ0n) is 10.0. The molecule has 1 aromatic heterocycles. The summed E-state index contributed by atoms with van der Waals surface area (Å²) in [5.41, 5.74) is 1.46. The molecule has 0 amide bonds. The molecule has 0 saturated carbocycles. The summed E-state index contributed by atoms with van der Waals surface area (Å²) in [5, 5.41) is 9.01. The molecule has 1 unspecified atom stereocenters. The number of fused-ring (bicyclic) bond motifs is 1. The number of benzene rings is 1. The summed E-state index contributed by atoms with van der Waals surface area (Å²) in [4.78, 5) is 23.2. The number of hydrogen-bond donors (Lipinski definition) is 1. The van der Waals surface area contributed by atoms with Gasteiger partial charge in [-0.2, -0.15) is 0 Å². The van der Waals surface area contributed by atoms with Crippen LogP contribution in [-0.2, 0) is 16.1 Å². The van der Waals surface area contributed by atoms with Crippen molar-refractivity contribution in [3.05, 3.63) is 34.3 Å². The molecule has 0 aliphatic rings. The highest BCUT2D eigenvalue weighted by Gasteiger charge is 2.21. The van der Waals surface area contributed by atoms with Crippen molar-refractivity contribution in [1.82, 2.24) is 4.57 Å². The fourth-order valence-corrected chi connectivity index (χ4v) is 1.82. The molecule has 2 aromatic rings. The highest BCUT2D eigenvalue weighted by Crippen LogP contribution is 2.19. The molecule has 0 aliphatic heterocycles. The predicted octanol–water partition coefficient (Wildman–Crippen LogP) is 0.821. The first-order valence-corrected chi connectivity index (χ1v) is 5.41. The van der Waals surface area contributed by atoms with Gasteiger partial charge in [-0.1, -0.05) is 6.07 Å². The van der Waals surface area contributed by atoms with Gasteiger partial charge in [-0.25, -0.2) is 9.59 Å². The number of aliphatic hydroxyl groups is 1. The SMILES string of the molecule is COC(=O)C(C)n1c(=O)oc2cc(CO)ccc21. The van der Waals surface area contributed by atoms with E-state index in [2.05, 4.69) is 4.74 Å². The molecular formula is C12H13NO5. The van der Waals surface area contributed by atoms with Gasteiger partial charge in [-0.05, 0) is 24.6 Å². The van der Waals surface area contributed by atoms with Gasteiger partial charge in [-0.3, -0.25) is 4.57 Å². The average Bonchev–Trinajstić information content (AvgIpc) is 2.71. The summed E-state index contributed by atoms with van der Waals surface area (Å²) in [6.07, 6.45) is 0. The van der Waals surface area contributed by atoms with Gasteiger partial charge in [0.05, 0.1) is 19.2 Å². The van der Waals surface area contributed by atoms with Gasteiger partial charge in [0.2, 0.25) is 0 Å². The standard InChI is InChI=1S/C12H13NO5/c1-7(11(15)17-2)13-9-4-3-8(6-14)5-10(9)18-12(13)16/h3-5,7,14H,6H2,1-2H3. The number of ether oxygens (including phenoxy) is 1. The predicted molar refractivity (Wildman–Crippen MR) is 63.1 cm³/mol. The Morgan fingerprint density at radius 2 is 2.28 bits per heavy atom. The first-order valence-electron chi connectivity index (χ1n) is 5.41. The van der Waals surface area contributed by atoms with Gasteiger partial charge in [0.1, 0.15) is 6.04 Å². The van der Waals surface area contributed by atoms with Crippen molar-refractivity contribution in [1.29, 1.82) is 0 Å². The molecule has 0 bridgehead atoms. The van der Waals surface area contributed by atoms with Crippen molar-refractivity contribution in [3.63, 3.8) is 0 Å². The molecule has 6 nitrogen and oxygen atoms in total. The van der Waals surface area contributed by atoms with Crippen LogP contribution in [0.2, 0.25) is 0 Å². The largest absolute Gasteiger partial charge is 0.467 e. The zero-order chi connectivity index (χ0) is 13.3. The van der Waals surface area contributed by atoms with Crippen molar-refractivity contribution < 1.29 is 19.1 Å². The van der Waals surface area contributed by atoms with Gasteiger partial charge in [0, 0.05) is 0 Å². The molecule has 1 heterocycles. The van der Waals surface area contributed by atoms with Crippen LogP contribution in [0.5, 0.6) is 0 Å². The van der Waals surface area contributed by atoms with Gasteiger partial charge in [-0.15, -0.1) is 0 Å². The Morgan fingerprint density at radius 3 is 2.89 bits per heavy atom. The summed E-state index contributed by atoms with van der Waals surface area (Å²) < 4.78 is 10.9. The minimum atomic E-state index is -0.760. The molecule has 1 N–H and O–H groups in total. The number of hydrogen-bond acceptors (Lipinski definition) is 5. The van der Waals surface area contributed by atoms with Crippen LogP contribution < -0.4 is 5.76 Å². The second kappa shape index (κ2) is 4.66. The maximum atomic E-state index is 11.7. The van der Waals surface area contributed by atoms with Crippen LogP contribution in [0, 0.1) is 0 Å². The number of aromatic nitrogens is 1. The topological polar surface area (TPSA) is 81.7 Å². The van der Waals surface area contributed by atoms with Crippen molar-refractivity contribution in [3.8, 4) is 0 Å². The number of carbonyl (C=O) groups is 1. The zero-order valence-corrected chi connectivity index (χ0v) is 10.0. The lowest BCUT2D eigenvalue weighted by Crippen LogP contribution is -2.25. The molecule has 0 spiro atoms. The monoisotopic (exact) mass is 251 g/mol. The Labute approximate surface area is 102 Å². The number of esters is 1. The number of rotatable bonds is 3. The second-order valence-corrected chi connectivity index (χ2v) is 3.90. The molecular weight excluding hydrogens is 238 g/mol. The van der Waals surface area contributed by atoms with Crippen LogP contribution in [0.4, 0.5) is 0 Å². The Hall–Kier alpha value is -2.08. The average molecular weight is 251 g/mol. The van der Waals surface area contributed by atoms with Gasteiger partial charge < -0.3 is 14.3 Å². The highest BCUT2D eigenvalue weighted by molar-refractivity contribution is 5.79. The Bertz CT molecular complexity index is 639. The lowest BCUT2D eigenvalue weighted by Gasteiger charge is -2.09. The van der Waals surface area contributed by atoms with Crippen LogP contribution in [-0.4, -0.2) is 22.8 Å². The number of oxazole rings is 1. The quantitative estimate of drug-likeness (QED) is 0.817. The van der Waals surface area contributed by atoms with E-state index in [1.807, 2.05) is 0 Å². The lowest BCUT2D eigenvalue weighted by atomic mass is 10.2. The number of nitrogens with zero attached hydrogens (tertiary/aromatic N) is 1. The third-order valence-electron chi connectivity index (χ3n) is 2.79. The van der Waals surface area contributed by atoms with E-state index in [1.165, 1.54) is 11.7 Å². The van der Waals surface area contributed by atoms with Crippen molar-refractivity contribution in [2.75, 3.05) is 7.11 Å². The Morgan fingerprint density at radius 1 is 1.56 bits per heavy atom. The summed E-state index contributed by atoms with van der Waals surface area (Å²) in [7, 11) is 1.26. The van der Waals surface area contributed by atoms with E-state index < -0.39 is 17.8 Å². The normalized spacial score (nSPS) is 12.6. The minimum absolute atomic E-state index is 0.141. The molecule has 0 radical (unpaired) electrons. The van der Waals surface area contributed by atoms with Crippen LogP contribution in [0.3, 0.4) is 0 Å². The van der Waals surface area contributed by atoms with Crippen molar-refractivity contribution >= 4 is 17.1 Å². The van der Waals surface area contributed by atoms with Crippen LogP contribution in [0.1, 0.15) is 18.5 Å². The molecule has 0 fully saturated rings. The van der Waals surface area contributed by atoms with E-state index in [0.717, 1.165) is 0 Å². The Kier molecular flexibility index (Phi) is 3.20. The second-order valence-electron chi connectivity index (χ2n) is 3.90. The maximum absolute atomic E-state index is 11.7. The summed E-state index contributed by atoms with van der Waals surface area (Å²) in [6.45, 7) is 1.42. The molecule has 1 atom stereocenters. The Balaban J connectivity index is 2.61. The lowest BCUT2D eigenvalue weighted by molar-refractivity contribution is -0.144. The van der Waals surface area contributed by atoms with E-state index >= 15 is 0 Å². The van der Waals surface area contributed by atoms with Crippen LogP contribution in [0.15, 0.2) is 27.4 Å². The maximum Gasteiger partial charge on any atom is 0.420 e. The molecule has 0 saturated heterocycles. The van der Waals surface area contributed by atoms with E-state index in [1.54, 1.807) is 25.1 Å². The van der Waals surface area contributed by atoms with Gasteiger partial charge >= 0.3 is 11.7 Å². The first-order chi connectivity index (χ1) is 8.58. The molecule has 1 aromatic carbocycles. The van der Waals surface area contributed by atoms with E-state index in [0.29, 0.717) is 16.7 Å².